The van der Waals surface area contributed by atoms with Gasteiger partial charge in [-0.25, -0.2) is 0 Å². The second-order valence-corrected chi connectivity index (χ2v) is 5.60. The summed E-state index contributed by atoms with van der Waals surface area (Å²) in [5.74, 6) is 0. The number of rotatable bonds is 8. The van der Waals surface area contributed by atoms with Gasteiger partial charge in [0.05, 0.1) is 0 Å². The second kappa shape index (κ2) is 8.23. The van der Waals surface area contributed by atoms with Gasteiger partial charge < -0.3 is 10.2 Å². The van der Waals surface area contributed by atoms with Gasteiger partial charge in [0.15, 0.2) is 0 Å². The standard InChI is InChI=1S/C12H21BrN2S/c1-3-15(4-2)8-5-7-14-10-12-11(13)6-9-16-12/h6,9,14H,3-5,7-8,10H2,1-2H3. The van der Waals surface area contributed by atoms with Gasteiger partial charge in [-0.15, -0.1) is 11.3 Å². The lowest BCUT2D eigenvalue weighted by atomic mass is 10.3. The fraction of sp³-hybridized carbons (Fsp3) is 0.667. The van der Waals surface area contributed by atoms with E-state index in [-0.39, 0.29) is 0 Å². The predicted octanol–water partition coefficient (Wildman–Crippen LogP) is 3.33. The molecule has 0 aliphatic heterocycles. The molecule has 0 amide bonds. The Hall–Kier alpha value is 0.100. The molecule has 0 fully saturated rings. The second-order valence-electron chi connectivity index (χ2n) is 3.75. The van der Waals surface area contributed by atoms with Crippen molar-refractivity contribution in [2.45, 2.75) is 26.8 Å². The van der Waals surface area contributed by atoms with Gasteiger partial charge in [0.1, 0.15) is 0 Å². The summed E-state index contributed by atoms with van der Waals surface area (Å²) >= 11 is 5.35. The first-order valence-electron chi connectivity index (χ1n) is 5.92. The zero-order chi connectivity index (χ0) is 11.8. The molecular weight excluding hydrogens is 284 g/mol. The van der Waals surface area contributed by atoms with Crippen molar-refractivity contribution >= 4 is 27.3 Å². The van der Waals surface area contributed by atoms with Crippen LogP contribution in [0.25, 0.3) is 0 Å². The minimum absolute atomic E-state index is 0.983. The Morgan fingerprint density at radius 1 is 1.38 bits per heavy atom. The third-order valence-corrected chi connectivity index (χ3v) is 4.63. The summed E-state index contributed by atoms with van der Waals surface area (Å²) in [4.78, 5) is 3.85. The molecule has 0 saturated carbocycles. The fourth-order valence-corrected chi connectivity index (χ4v) is 3.08. The van der Waals surface area contributed by atoms with Gasteiger partial charge in [0.25, 0.3) is 0 Å². The van der Waals surface area contributed by atoms with E-state index in [1.807, 2.05) is 0 Å². The van der Waals surface area contributed by atoms with Crippen molar-refractivity contribution in [1.82, 2.24) is 10.2 Å². The van der Waals surface area contributed by atoms with Gasteiger partial charge in [-0.2, -0.15) is 0 Å². The summed E-state index contributed by atoms with van der Waals surface area (Å²) in [5.41, 5.74) is 0. The van der Waals surface area contributed by atoms with Crippen LogP contribution >= 0.6 is 27.3 Å². The molecule has 0 radical (unpaired) electrons. The molecule has 0 unspecified atom stereocenters. The molecule has 16 heavy (non-hydrogen) atoms. The zero-order valence-electron chi connectivity index (χ0n) is 10.1. The monoisotopic (exact) mass is 304 g/mol. The minimum Gasteiger partial charge on any atom is -0.312 e. The Balaban J connectivity index is 2.06. The molecule has 0 saturated heterocycles. The molecule has 1 aromatic heterocycles. The molecule has 0 spiro atoms. The van der Waals surface area contributed by atoms with Crippen molar-refractivity contribution in [1.29, 1.82) is 0 Å². The lowest BCUT2D eigenvalue weighted by molar-refractivity contribution is 0.298. The van der Waals surface area contributed by atoms with Gasteiger partial charge in [0.2, 0.25) is 0 Å². The van der Waals surface area contributed by atoms with Crippen LogP contribution in [0.4, 0.5) is 0 Å². The molecule has 92 valence electrons. The first-order chi connectivity index (χ1) is 7.77. The molecular formula is C12H21BrN2S. The first kappa shape index (κ1) is 14.2. The topological polar surface area (TPSA) is 15.3 Å². The van der Waals surface area contributed by atoms with Crippen molar-refractivity contribution in [3.05, 3.63) is 20.8 Å². The van der Waals surface area contributed by atoms with Crippen LogP contribution in [0.3, 0.4) is 0 Å². The maximum Gasteiger partial charge on any atom is 0.0327 e. The number of nitrogens with zero attached hydrogens (tertiary/aromatic N) is 1. The van der Waals surface area contributed by atoms with Crippen LogP contribution in [0.15, 0.2) is 15.9 Å². The van der Waals surface area contributed by atoms with Gasteiger partial charge in [-0.05, 0) is 60.0 Å². The number of thiophene rings is 1. The summed E-state index contributed by atoms with van der Waals surface area (Å²) in [6.45, 7) is 10.0. The summed E-state index contributed by atoms with van der Waals surface area (Å²) in [7, 11) is 0. The highest BCUT2D eigenvalue weighted by atomic mass is 79.9. The quantitative estimate of drug-likeness (QED) is 0.741. The van der Waals surface area contributed by atoms with E-state index < -0.39 is 0 Å². The van der Waals surface area contributed by atoms with E-state index in [1.54, 1.807) is 11.3 Å². The number of hydrogen-bond acceptors (Lipinski definition) is 3. The fourth-order valence-electron chi connectivity index (χ4n) is 1.62. The third kappa shape index (κ3) is 4.95. The van der Waals surface area contributed by atoms with Crippen molar-refractivity contribution < 1.29 is 0 Å². The van der Waals surface area contributed by atoms with Gasteiger partial charge in [-0.1, -0.05) is 13.8 Å². The highest BCUT2D eigenvalue weighted by Crippen LogP contribution is 2.21. The van der Waals surface area contributed by atoms with Crippen molar-refractivity contribution in [2.24, 2.45) is 0 Å². The molecule has 4 heteroatoms. The molecule has 1 N–H and O–H groups in total. The van der Waals surface area contributed by atoms with Crippen LogP contribution in [0.1, 0.15) is 25.1 Å². The number of hydrogen-bond donors (Lipinski definition) is 1. The van der Waals surface area contributed by atoms with Crippen LogP contribution < -0.4 is 5.32 Å². The average molecular weight is 305 g/mol. The van der Waals surface area contributed by atoms with Gasteiger partial charge in [0, 0.05) is 15.9 Å². The lowest BCUT2D eigenvalue weighted by Crippen LogP contribution is -2.27. The smallest absolute Gasteiger partial charge is 0.0327 e. The highest BCUT2D eigenvalue weighted by Gasteiger charge is 2.01. The summed E-state index contributed by atoms with van der Waals surface area (Å²) in [5, 5.41) is 5.61. The van der Waals surface area contributed by atoms with E-state index in [1.165, 1.54) is 22.3 Å². The van der Waals surface area contributed by atoms with E-state index >= 15 is 0 Å². The lowest BCUT2D eigenvalue weighted by Gasteiger charge is -2.17. The average Bonchev–Trinajstić information content (AvgIpc) is 2.70. The predicted molar refractivity (Wildman–Crippen MR) is 76.1 cm³/mol. The molecule has 0 aliphatic rings. The van der Waals surface area contributed by atoms with E-state index in [9.17, 15) is 0 Å². The Bertz CT molecular complexity index is 284. The SMILES string of the molecule is CCN(CC)CCCNCc1sccc1Br. The molecule has 0 aliphatic carbocycles. The van der Waals surface area contributed by atoms with Gasteiger partial charge in [-0.3, -0.25) is 0 Å². The summed E-state index contributed by atoms with van der Waals surface area (Å²) in [6, 6.07) is 2.11. The Labute approximate surface area is 111 Å². The van der Waals surface area contributed by atoms with E-state index in [0.29, 0.717) is 0 Å². The summed E-state index contributed by atoms with van der Waals surface area (Å²) < 4.78 is 1.23. The zero-order valence-corrected chi connectivity index (χ0v) is 12.5. The first-order valence-corrected chi connectivity index (χ1v) is 7.60. The minimum atomic E-state index is 0.983. The van der Waals surface area contributed by atoms with Crippen LogP contribution in [0, 0.1) is 0 Å². The summed E-state index contributed by atoms with van der Waals surface area (Å²) in [6.07, 6.45) is 1.23. The molecule has 0 aromatic carbocycles. The Morgan fingerprint density at radius 3 is 2.69 bits per heavy atom. The molecule has 1 rings (SSSR count). The highest BCUT2D eigenvalue weighted by molar-refractivity contribution is 9.10. The maximum atomic E-state index is 3.54. The number of nitrogens with one attached hydrogen (secondary N) is 1. The largest absolute Gasteiger partial charge is 0.312 e. The molecule has 0 bridgehead atoms. The van der Waals surface area contributed by atoms with E-state index in [4.69, 9.17) is 0 Å². The Kier molecular flexibility index (Phi) is 7.28. The van der Waals surface area contributed by atoms with Crippen LogP contribution in [-0.4, -0.2) is 31.1 Å². The molecule has 1 heterocycles. The van der Waals surface area contributed by atoms with E-state index in [2.05, 4.69) is 51.4 Å². The maximum absolute atomic E-state index is 3.54. The van der Waals surface area contributed by atoms with Crippen LogP contribution in [0.2, 0.25) is 0 Å². The van der Waals surface area contributed by atoms with Crippen molar-refractivity contribution in [3.63, 3.8) is 0 Å². The normalized spacial score (nSPS) is 11.2. The number of halogens is 1. The molecule has 2 nitrogen and oxygen atoms in total. The Morgan fingerprint density at radius 2 is 2.12 bits per heavy atom. The van der Waals surface area contributed by atoms with Crippen LogP contribution in [-0.2, 0) is 6.54 Å². The van der Waals surface area contributed by atoms with Crippen molar-refractivity contribution in [2.75, 3.05) is 26.2 Å². The third-order valence-electron chi connectivity index (χ3n) is 2.70. The molecule has 1 aromatic rings. The van der Waals surface area contributed by atoms with Crippen LogP contribution in [0.5, 0.6) is 0 Å². The molecule has 0 atom stereocenters. The van der Waals surface area contributed by atoms with Crippen molar-refractivity contribution in [3.8, 4) is 0 Å². The van der Waals surface area contributed by atoms with E-state index in [0.717, 1.165) is 26.2 Å². The van der Waals surface area contributed by atoms with Gasteiger partial charge >= 0.3 is 0 Å².